The Bertz CT molecular complexity index is 883. The Balaban J connectivity index is 2.07. The van der Waals surface area contributed by atoms with Crippen molar-refractivity contribution in [2.24, 2.45) is 0 Å². The lowest BCUT2D eigenvalue weighted by molar-refractivity contribution is -0.123. The first-order valence-electron chi connectivity index (χ1n) is 8.93. The number of nitrogens with one attached hydrogen (secondary N) is 1. The molecule has 0 aliphatic heterocycles. The summed E-state index contributed by atoms with van der Waals surface area (Å²) in [4.78, 5) is 11.8. The van der Waals surface area contributed by atoms with Crippen molar-refractivity contribution in [1.29, 1.82) is 0 Å². The van der Waals surface area contributed by atoms with Gasteiger partial charge in [-0.1, -0.05) is 30.7 Å². The molecule has 0 spiro atoms. The van der Waals surface area contributed by atoms with Crippen LogP contribution >= 0.6 is 11.6 Å². The van der Waals surface area contributed by atoms with Gasteiger partial charge in [0, 0.05) is 11.1 Å². The van der Waals surface area contributed by atoms with Gasteiger partial charge in [-0.3, -0.25) is 9.10 Å². The summed E-state index contributed by atoms with van der Waals surface area (Å²) in [5, 5.41) is 3.41. The summed E-state index contributed by atoms with van der Waals surface area (Å²) >= 11 is 5.89. The van der Waals surface area contributed by atoms with Crippen LogP contribution in [0.5, 0.6) is 5.75 Å². The van der Waals surface area contributed by atoms with Crippen LogP contribution in [0.15, 0.2) is 48.5 Å². The summed E-state index contributed by atoms with van der Waals surface area (Å²) in [7, 11) is -3.49. The summed E-state index contributed by atoms with van der Waals surface area (Å²) in [5.41, 5.74) is 1.32. The first-order chi connectivity index (χ1) is 13.2. The number of ether oxygens (including phenoxy) is 1. The lowest BCUT2D eigenvalue weighted by Gasteiger charge is -2.23. The van der Waals surface area contributed by atoms with Gasteiger partial charge in [-0.05, 0) is 55.3 Å². The van der Waals surface area contributed by atoms with E-state index in [2.05, 4.69) is 5.32 Å². The molecule has 1 amide bonds. The summed E-state index contributed by atoms with van der Waals surface area (Å²) in [6.45, 7) is 4.01. The molecule has 28 heavy (non-hydrogen) atoms. The van der Waals surface area contributed by atoms with Gasteiger partial charge in [-0.25, -0.2) is 8.42 Å². The quantitative estimate of drug-likeness (QED) is 0.667. The molecule has 6 nitrogen and oxygen atoms in total. The van der Waals surface area contributed by atoms with E-state index in [1.54, 1.807) is 48.5 Å². The zero-order valence-corrected chi connectivity index (χ0v) is 17.8. The predicted octanol–water partition coefficient (Wildman–Crippen LogP) is 3.60. The van der Waals surface area contributed by atoms with Gasteiger partial charge >= 0.3 is 0 Å². The van der Waals surface area contributed by atoms with Crippen LogP contribution in [-0.2, 0) is 21.4 Å². The number of rotatable bonds is 9. The minimum Gasteiger partial charge on any atom is -0.484 e. The van der Waals surface area contributed by atoms with Crippen molar-refractivity contribution >= 4 is 33.2 Å². The van der Waals surface area contributed by atoms with Gasteiger partial charge in [0.15, 0.2) is 6.61 Å². The topological polar surface area (TPSA) is 75.7 Å². The van der Waals surface area contributed by atoms with Crippen molar-refractivity contribution in [3.63, 3.8) is 0 Å². The van der Waals surface area contributed by atoms with E-state index in [1.165, 1.54) is 4.31 Å². The molecule has 0 heterocycles. The summed E-state index contributed by atoms with van der Waals surface area (Å²) in [6.07, 6.45) is 2.00. The Morgan fingerprint density at radius 3 is 2.29 bits per heavy atom. The van der Waals surface area contributed by atoms with E-state index in [9.17, 15) is 13.2 Å². The molecular formula is C20H25ClN2O4S. The van der Waals surface area contributed by atoms with E-state index in [0.717, 1.165) is 18.2 Å². The van der Waals surface area contributed by atoms with Crippen LogP contribution in [0.2, 0.25) is 5.02 Å². The van der Waals surface area contributed by atoms with Gasteiger partial charge in [-0.15, -0.1) is 0 Å². The molecule has 8 heteroatoms. The van der Waals surface area contributed by atoms with E-state index < -0.39 is 10.0 Å². The number of nitrogens with zero attached hydrogens (tertiary/aromatic N) is 1. The third kappa shape index (κ3) is 6.73. The number of carbonyl (C=O) groups is 1. The standard InChI is InChI=1S/C20H25ClN2O4S/c1-4-15(2)22-20(24)14-27-19-11-9-18(10-12-19)23(28(3,25)26)13-16-5-7-17(21)8-6-16/h5-12,15H,4,13-14H2,1-3H3,(H,22,24)/t15-/m1/s1. The molecule has 2 rings (SSSR count). The van der Waals surface area contributed by atoms with Gasteiger partial charge in [0.25, 0.3) is 5.91 Å². The lowest BCUT2D eigenvalue weighted by Crippen LogP contribution is -2.35. The van der Waals surface area contributed by atoms with Crippen LogP contribution in [0.1, 0.15) is 25.8 Å². The second kappa shape index (κ2) is 9.80. The smallest absolute Gasteiger partial charge is 0.258 e. The first-order valence-corrected chi connectivity index (χ1v) is 11.2. The van der Waals surface area contributed by atoms with Crippen LogP contribution in [0.25, 0.3) is 0 Å². The second-order valence-electron chi connectivity index (χ2n) is 6.56. The average molecular weight is 425 g/mol. The highest BCUT2D eigenvalue weighted by molar-refractivity contribution is 7.92. The predicted molar refractivity (Wildman–Crippen MR) is 112 cm³/mol. The molecule has 0 aromatic heterocycles. The van der Waals surface area contributed by atoms with Crippen LogP contribution < -0.4 is 14.4 Å². The monoisotopic (exact) mass is 424 g/mol. The van der Waals surface area contributed by atoms with Crippen molar-refractivity contribution in [1.82, 2.24) is 5.32 Å². The molecule has 0 aliphatic rings. The van der Waals surface area contributed by atoms with E-state index in [-0.39, 0.29) is 25.1 Å². The fourth-order valence-corrected chi connectivity index (χ4v) is 3.45. The van der Waals surface area contributed by atoms with Crippen LogP contribution in [0.3, 0.4) is 0 Å². The number of sulfonamides is 1. The zero-order chi connectivity index (χ0) is 20.7. The van der Waals surface area contributed by atoms with Crippen molar-refractivity contribution in [2.75, 3.05) is 17.2 Å². The number of hydrogen-bond donors (Lipinski definition) is 1. The molecule has 0 bridgehead atoms. The van der Waals surface area contributed by atoms with Gasteiger partial charge in [0.05, 0.1) is 18.5 Å². The highest BCUT2D eigenvalue weighted by atomic mass is 35.5. The normalized spacial score (nSPS) is 12.3. The number of carbonyl (C=O) groups excluding carboxylic acids is 1. The average Bonchev–Trinajstić information content (AvgIpc) is 2.65. The molecule has 2 aromatic carbocycles. The van der Waals surface area contributed by atoms with E-state index in [1.807, 2.05) is 13.8 Å². The summed E-state index contributed by atoms with van der Waals surface area (Å²) in [6, 6.07) is 13.7. The Kier molecular flexibility index (Phi) is 7.71. The second-order valence-corrected chi connectivity index (χ2v) is 8.90. The van der Waals surface area contributed by atoms with Gasteiger partial charge in [-0.2, -0.15) is 0 Å². The number of amides is 1. The first kappa shape index (κ1) is 22.0. The third-order valence-electron chi connectivity index (χ3n) is 4.15. The van der Waals surface area contributed by atoms with Crippen LogP contribution in [0, 0.1) is 0 Å². The Morgan fingerprint density at radius 1 is 1.14 bits per heavy atom. The van der Waals surface area contributed by atoms with Gasteiger partial charge in [0.2, 0.25) is 10.0 Å². The molecule has 2 aromatic rings. The van der Waals surface area contributed by atoms with Crippen molar-refractivity contribution in [3.8, 4) is 5.75 Å². The number of benzene rings is 2. The maximum atomic E-state index is 12.2. The lowest BCUT2D eigenvalue weighted by atomic mass is 10.2. The molecule has 0 saturated heterocycles. The third-order valence-corrected chi connectivity index (χ3v) is 5.55. The summed E-state index contributed by atoms with van der Waals surface area (Å²) in [5.74, 6) is 0.293. The maximum Gasteiger partial charge on any atom is 0.258 e. The number of anilines is 1. The Morgan fingerprint density at radius 2 is 1.75 bits per heavy atom. The molecule has 0 fully saturated rings. The molecule has 1 N–H and O–H groups in total. The minimum atomic E-state index is -3.49. The molecule has 0 saturated carbocycles. The van der Waals surface area contributed by atoms with Crippen molar-refractivity contribution < 1.29 is 17.9 Å². The van der Waals surface area contributed by atoms with Gasteiger partial charge in [0.1, 0.15) is 5.75 Å². The fourth-order valence-electron chi connectivity index (χ4n) is 2.43. The highest BCUT2D eigenvalue weighted by Gasteiger charge is 2.18. The number of hydrogen-bond acceptors (Lipinski definition) is 4. The molecule has 152 valence electrons. The minimum absolute atomic E-state index is 0.0923. The molecule has 0 radical (unpaired) electrons. The zero-order valence-electron chi connectivity index (χ0n) is 16.2. The largest absolute Gasteiger partial charge is 0.484 e. The van der Waals surface area contributed by atoms with Crippen molar-refractivity contribution in [3.05, 3.63) is 59.1 Å². The highest BCUT2D eigenvalue weighted by Crippen LogP contribution is 2.24. The molecule has 0 unspecified atom stereocenters. The van der Waals surface area contributed by atoms with Crippen LogP contribution in [0.4, 0.5) is 5.69 Å². The van der Waals surface area contributed by atoms with Crippen molar-refractivity contribution in [2.45, 2.75) is 32.9 Å². The van der Waals surface area contributed by atoms with Crippen LogP contribution in [-0.4, -0.2) is 33.2 Å². The molecule has 0 aliphatic carbocycles. The molecular weight excluding hydrogens is 400 g/mol. The Hall–Kier alpha value is -2.25. The van der Waals surface area contributed by atoms with E-state index >= 15 is 0 Å². The number of halogens is 1. The summed E-state index contributed by atoms with van der Waals surface area (Å²) < 4.78 is 31.3. The maximum absolute atomic E-state index is 12.2. The Labute approximate surface area is 171 Å². The SMILES string of the molecule is CC[C@@H](C)NC(=O)COc1ccc(N(Cc2ccc(Cl)cc2)S(C)(=O)=O)cc1. The van der Waals surface area contributed by atoms with E-state index in [4.69, 9.17) is 16.3 Å². The molecule has 1 atom stereocenters. The van der Waals surface area contributed by atoms with Gasteiger partial charge < -0.3 is 10.1 Å². The van der Waals surface area contributed by atoms with E-state index in [0.29, 0.717) is 16.5 Å². The fraction of sp³-hybridized carbons (Fsp3) is 0.350.